The van der Waals surface area contributed by atoms with Gasteiger partial charge in [0.15, 0.2) is 0 Å². The van der Waals surface area contributed by atoms with Gasteiger partial charge in [0.1, 0.15) is 0 Å². The Balaban J connectivity index is 0.00000289. The van der Waals surface area contributed by atoms with Crippen LogP contribution in [0.4, 0.5) is 0 Å². The number of aromatic carboxylic acids is 1. The molecule has 94 valence electrons. The molecule has 0 aliphatic rings. The van der Waals surface area contributed by atoms with E-state index in [1.165, 1.54) is 37.5 Å². The number of aryl methyl sites for hydroxylation is 1. The van der Waals surface area contributed by atoms with Gasteiger partial charge in [0.25, 0.3) is 0 Å². The topological polar surface area (TPSA) is 60.4 Å². The van der Waals surface area contributed by atoms with E-state index >= 15 is 0 Å². The number of hydrogen-bond acceptors (Lipinski definition) is 2. The second-order valence-electron chi connectivity index (χ2n) is 4.29. The van der Waals surface area contributed by atoms with Gasteiger partial charge in [-0.05, 0) is 24.5 Å². The van der Waals surface area contributed by atoms with Gasteiger partial charge in [-0.1, -0.05) is 44.7 Å². The molecule has 0 unspecified atom stereocenters. The standard InChI is InChI=1S/C14H20O3.Na/c1-2-3-4-5-6-7-11-10-12(15)8-9-13(11)14(16)17;/h8-10,15H,2-7H2,1H3,(H,16,17);/q;+1/p-1. The van der Waals surface area contributed by atoms with Crippen molar-refractivity contribution in [3.63, 3.8) is 0 Å². The Morgan fingerprint density at radius 3 is 2.50 bits per heavy atom. The smallest absolute Gasteiger partial charge is 0.872 e. The number of rotatable bonds is 7. The molecular formula is C14H19NaO3. The summed E-state index contributed by atoms with van der Waals surface area (Å²) in [4.78, 5) is 11.0. The van der Waals surface area contributed by atoms with Crippen LogP contribution in [0.3, 0.4) is 0 Å². The van der Waals surface area contributed by atoms with Crippen molar-refractivity contribution in [3.05, 3.63) is 29.3 Å². The summed E-state index contributed by atoms with van der Waals surface area (Å²) in [5, 5.41) is 20.2. The molecule has 0 bridgehead atoms. The van der Waals surface area contributed by atoms with Crippen molar-refractivity contribution < 1.29 is 44.6 Å². The molecule has 0 aliphatic heterocycles. The Kier molecular flexibility index (Phi) is 9.16. The van der Waals surface area contributed by atoms with Crippen LogP contribution in [0.1, 0.15) is 54.9 Å². The van der Waals surface area contributed by atoms with Crippen LogP contribution in [0.5, 0.6) is 5.75 Å². The van der Waals surface area contributed by atoms with Gasteiger partial charge in [0.2, 0.25) is 0 Å². The monoisotopic (exact) mass is 258 g/mol. The summed E-state index contributed by atoms with van der Waals surface area (Å²) in [5.41, 5.74) is 0.932. The second kappa shape index (κ2) is 9.42. The van der Waals surface area contributed by atoms with E-state index in [4.69, 9.17) is 5.11 Å². The van der Waals surface area contributed by atoms with Crippen molar-refractivity contribution in [3.8, 4) is 5.75 Å². The van der Waals surface area contributed by atoms with E-state index in [1.54, 1.807) is 0 Å². The van der Waals surface area contributed by atoms with Gasteiger partial charge in [-0.25, -0.2) is 4.79 Å². The van der Waals surface area contributed by atoms with Gasteiger partial charge in [-0.15, -0.1) is 5.75 Å². The molecule has 0 aliphatic carbocycles. The predicted octanol–water partition coefficient (Wildman–Crippen LogP) is -0.0247. The van der Waals surface area contributed by atoms with Crippen LogP contribution in [-0.4, -0.2) is 11.1 Å². The maximum Gasteiger partial charge on any atom is 1.00 e. The number of benzene rings is 1. The first kappa shape index (κ1) is 17.5. The fourth-order valence-corrected chi connectivity index (χ4v) is 1.90. The van der Waals surface area contributed by atoms with Crippen LogP contribution in [0.15, 0.2) is 18.2 Å². The fraction of sp³-hybridized carbons (Fsp3) is 0.500. The minimum absolute atomic E-state index is 0. The summed E-state index contributed by atoms with van der Waals surface area (Å²) >= 11 is 0. The molecule has 0 amide bonds. The molecule has 0 aromatic heterocycles. The molecule has 18 heavy (non-hydrogen) atoms. The van der Waals surface area contributed by atoms with E-state index in [2.05, 4.69) is 6.92 Å². The Bertz CT molecular complexity index is 377. The summed E-state index contributed by atoms with van der Waals surface area (Å²) in [5.74, 6) is -1.06. The van der Waals surface area contributed by atoms with Crippen molar-refractivity contribution in [2.75, 3.05) is 0 Å². The Labute approximate surface area is 131 Å². The third kappa shape index (κ3) is 5.89. The van der Waals surface area contributed by atoms with Crippen molar-refractivity contribution in [2.45, 2.75) is 45.4 Å². The zero-order valence-electron chi connectivity index (χ0n) is 11.2. The molecule has 0 atom stereocenters. The van der Waals surface area contributed by atoms with Crippen LogP contribution in [-0.2, 0) is 6.42 Å². The van der Waals surface area contributed by atoms with E-state index in [1.807, 2.05) is 0 Å². The molecule has 0 fully saturated rings. The molecule has 3 nitrogen and oxygen atoms in total. The summed E-state index contributed by atoms with van der Waals surface area (Å²) in [6.07, 6.45) is 6.31. The van der Waals surface area contributed by atoms with Crippen molar-refractivity contribution >= 4 is 5.97 Å². The maximum absolute atomic E-state index is 11.2. The molecule has 0 saturated heterocycles. The van der Waals surface area contributed by atoms with Crippen molar-refractivity contribution in [2.24, 2.45) is 0 Å². The van der Waals surface area contributed by atoms with Crippen LogP contribution < -0.4 is 34.7 Å². The van der Waals surface area contributed by atoms with Gasteiger partial charge in [0.05, 0.1) is 5.56 Å². The quantitative estimate of drug-likeness (QED) is 0.552. The van der Waals surface area contributed by atoms with E-state index in [0.717, 1.165) is 12.8 Å². The number of carboxylic acid groups (broad SMARTS) is 1. The van der Waals surface area contributed by atoms with E-state index in [9.17, 15) is 9.90 Å². The normalized spacial score (nSPS) is 9.83. The van der Waals surface area contributed by atoms with Gasteiger partial charge in [-0.2, -0.15) is 0 Å². The predicted molar refractivity (Wildman–Crippen MR) is 65.3 cm³/mol. The second-order valence-corrected chi connectivity index (χ2v) is 4.29. The molecule has 0 saturated carbocycles. The van der Waals surface area contributed by atoms with E-state index in [0.29, 0.717) is 12.0 Å². The zero-order chi connectivity index (χ0) is 12.7. The molecule has 0 spiro atoms. The molecule has 4 heteroatoms. The fourth-order valence-electron chi connectivity index (χ4n) is 1.90. The van der Waals surface area contributed by atoms with Crippen LogP contribution >= 0.6 is 0 Å². The molecule has 1 rings (SSSR count). The Hall–Kier alpha value is -0.510. The largest absolute Gasteiger partial charge is 1.00 e. The first-order chi connectivity index (χ1) is 8.15. The van der Waals surface area contributed by atoms with E-state index in [-0.39, 0.29) is 40.9 Å². The Morgan fingerprint density at radius 1 is 1.22 bits per heavy atom. The van der Waals surface area contributed by atoms with Gasteiger partial charge < -0.3 is 10.2 Å². The summed E-state index contributed by atoms with van der Waals surface area (Å²) < 4.78 is 0. The average Bonchev–Trinajstić information content (AvgIpc) is 2.28. The molecule has 1 aromatic rings. The first-order valence-corrected chi connectivity index (χ1v) is 6.18. The number of hydrogen-bond donors (Lipinski definition) is 1. The van der Waals surface area contributed by atoms with Gasteiger partial charge in [0, 0.05) is 0 Å². The number of unbranched alkanes of at least 4 members (excludes halogenated alkanes) is 4. The molecule has 1 aromatic carbocycles. The van der Waals surface area contributed by atoms with Crippen LogP contribution in [0, 0.1) is 0 Å². The molecule has 1 N–H and O–H groups in total. The zero-order valence-corrected chi connectivity index (χ0v) is 13.2. The van der Waals surface area contributed by atoms with Crippen molar-refractivity contribution in [1.29, 1.82) is 0 Å². The first-order valence-electron chi connectivity index (χ1n) is 6.18. The van der Waals surface area contributed by atoms with E-state index < -0.39 is 5.97 Å². The third-order valence-electron chi connectivity index (χ3n) is 2.86. The van der Waals surface area contributed by atoms with Gasteiger partial charge >= 0.3 is 35.5 Å². The SMILES string of the molecule is CCCCCCCc1cc([O-])ccc1C(=O)O.[Na+]. The van der Waals surface area contributed by atoms with Crippen molar-refractivity contribution in [1.82, 2.24) is 0 Å². The molecular weight excluding hydrogens is 239 g/mol. The minimum atomic E-state index is -0.950. The van der Waals surface area contributed by atoms with Crippen LogP contribution in [0.25, 0.3) is 0 Å². The summed E-state index contributed by atoms with van der Waals surface area (Å²) in [6.45, 7) is 2.16. The molecule has 0 heterocycles. The van der Waals surface area contributed by atoms with Gasteiger partial charge in [-0.3, -0.25) is 0 Å². The Morgan fingerprint density at radius 2 is 1.89 bits per heavy atom. The molecule has 0 radical (unpaired) electrons. The number of carbonyl (C=O) groups is 1. The maximum atomic E-state index is 11.2. The average molecular weight is 258 g/mol. The van der Waals surface area contributed by atoms with Crippen LogP contribution in [0.2, 0.25) is 0 Å². The summed E-state index contributed by atoms with van der Waals surface area (Å²) in [7, 11) is 0. The minimum Gasteiger partial charge on any atom is -0.872 e. The summed E-state index contributed by atoms with van der Waals surface area (Å²) in [6, 6.07) is 4.17. The third-order valence-corrected chi connectivity index (χ3v) is 2.86. The number of carboxylic acids is 1.